The van der Waals surface area contributed by atoms with Crippen LogP contribution in [0, 0.1) is 0 Å². The van der Waals surface area contributed by atoms with Gasteiger partial charge in [-0.1, -0.05) is 6.92 Å². The zero-order chi connectivity index (χ0) is 6.62. The number of rotatable bonds is 3. The first-order chi connectivity index (χ1) is 3.62. The fraction of sp³-hybridized carbons (Fsp3) is 1.00. The number of hydrogen-bond donors (Lipinski definition) is 2. The molecule has 0 aromatic rings. The Morgan fingerprint density at radius 3 is 2.12 bits per heavy atom. The minimum absolute atomic E-state index is 0.337. The van der Waals surface area contributed by atoms with Crippen LogP contribution in [0.2, 0.25) is 0 Å². The monoisotopic (exact) mass is 140 g/mol. The van der Waals surface area contributed by atoms with E-state index in [0.717, 1.165) is 6.42 Å². The molecule has 0 rings (SSSR count). The third kappa shape index (κ3) is 3.26. The second-order valence-corrected chi connectivity index (χ2v) is 3.43. The summed E-state index contributed by atoms with van der Waals surface area (Å²) in [6.07, 6.45) is 0.732. The maximum Gasteiger partial charge on any atom is 0.0833 e. The van der Waals surface area contributed by atoms with Gasteiger partial charge in [-0.15, -0.1) is 0 Å². The summed E-state index contributed by atoms with van der Waals surface area (Å²) >= 11 is 0. The van der Waals surface area contributed by atoms with Crippen molar-refractivity contribution in [2.75, 3.05) is 12.9 Å². The van der Waals surface area contributed by atoms with Crippen molar-refractivity contribution < 1.29 is 13.3 Å². The first kappa shape index (κ1) is 8.23. The van der Waals surface area contributed by atoms with Gasteiger partial charge in [-0.2, -0.15) is 0 Å². The molecule has 0 radical (unpaired) electrons. The van der Waals surface area contributed by atoms with Crippen molar-refractivity contribution in [2.45, 2.75) is 13.3 Å². The summed E-state index contributed by atoms with van der Waals surface area (Å²) in [5.74, 6) is 0.337. The van der Waals surface area contributed by atoms with Crippen LogP contribution < -0.4 is 0 Å². The summed E-state index contributed by atoms with van der Waals surface area (Å²) in [6, 6.07) is 0. The largest absolute Gasteiger partial charge is 0.308 e. The molecule has 0 spiro atoms. The fourth-order valence-corrected chi connectivity index (χ4v) is 1.05. The van der Waals surface area contributed by atoms with Crippen LogP contribution in [0.4, 0.5) is 0 Å². The first-order valence-electron chi connectivity index (χ1n) is 2.44. The molecule has 0 aliphatic rings. The average Bonchev–Trinajstić information content (AvgIpc) is 1.67. The SMILES string of the molecule is CCCS(O)(O)OC. The third-order valence-corrected chi connectivity index (χ3v) is 2.21. The lowest BCUT2D eigenvalue weighted by Crippen LogP contribution is -2.02. The molecule has 0 aliphatic heterocycles. The van der Waals surface area contributed by atoms with Crippen LogP contribution in [0.25, 0.3) is 0 Å². The van der Waals surface area contributed by atoms with Crippen LogP contribution in [0.1, 0.15) is 13.3 Å². The standard InChI is InChI=1S/C4H12O3S/c1-3-4-8(5,6)7-2/h5-6H,3-4H2,1-2H3. The van der Waals surface area contributed by atoms with Crippen LogP contribution >= 0.6 is 10.9 Å². The normalized spacial score (nSPS) is 14.0. The molecule has 3 nitrogen and oxygen atoms in total. The molecule has 0 saturated carbocycles. The molecule has 4 heteroatoms. The molecule has 0 aromatic carbocycles. The molecule has 0 amide bonds. The summed E-state index contributed by atoms with van der Waals surface area (Å²) in [4.78, 5) is 0. The van der Waals surface area contributed by atoms with Crippen molar-refractivity contribution in [3.8, 4) is 0 Å². The molecule has 0 bridgehead atoms. The van der Waals surface area contributed by atoms with Gasteiger partial charge in [0.1, 0.15) is 0 Å². The third-order valence-electron chi connectivity index (χ3n) is 0.737. The number of hydrogen-bond acceptors (Lipinski definition) is 3. The van der Waals surface area contributed by atoms with E-state index in [0.29, 0.717) is 5.75 Å². The predicted molar refractivity (Wildman–Crippen MR) is 35.0 cm³/mol. The van der Waals surface area contributed by atoms with Crippen LogP contribution in [0.5, 0.6) is 0 Å². The molecular formula is C4H12O3S. The van der Waals surface area contributed by atoms with Gasteiger partial charge in [0.15, 0.2) is 0 Å². The van der Waals surface area contributed by atoms with Gasteiger partial charge in [-0.25, -0.2) is 0 Å². The van der Waals surface area contributed by atoms with E-state index in [4.69, 9.17) is 9.11 Å². The highest BCUT2D eigenvalue weighted by molar-refractivity contribution is 8.20. The van der Waals surface area contributed by atoms with Gasteiger partial charge in [0, 0.05) is 5.75 Å². The second-order valence-electron chi connectivity index (χ2n) is 1.48. The van der Waals surface area contributed by atoms with E-state index in [1.807, 2.05) is 6.92 Å². The Bertz CT molecular complexity index is 64.3. The van der Waals surface area contributed by atoms with Crippen LogP contribution in [0.15, 0.2) is 0 Å². The molecule has 0 saturated heterocycles. The zero-order valence-electron chi connectivity index (χ0n) is 5.13. The van der Waals surface area contributed by atoms with E-state index in [2.05, 4.69) is 4.18 Å². The van der Waals surface area contributed by atoms with Crippen molar-refractivity contribution in [3.05, 3.63) is 0 Å². The van der Waals surface area contributed by atoms with E-state index in [9.17, 15) is 0 Å². The Morgan fingerprint density at radius 2 is 2.00 bits per heavy atom. The van der Waals surface area contributed by atoms with Crippen molar-refractivity contribution in [3.63, 3.8) is 0 Å². The summed E-state index contributed by atoms with van der Waals surface area (Å²) in [6.45, 7) is 1.87. The Kier molecular flexibility index (Phi) is 3.39. The maximum atomic E-state index is 8.74. The van der Waals surface area contributed by atoms with Gasteiger partial charge in [-0.3, -0.25) is 4.18 Å². The van der Waals surface area contributed by atoms with E-state index in [1.54, 1.807) is 0 Å². The van der Waals surface area contributed by atoms with Gasteiger partial charge in [0.05, 0.1) is 18.0 Å². The van der Waals surface area contributed by atoms with Crippen molar-refractivity contribution in [1.29, 1.82) is 0 Å². The Morgan fingerprint density at radius 1 is 1.50 bits per heavy atom. The Labute approximate surface area is 51.2 Å². The molecule has 0 atom stereocenters. The molecule has 52 valence electrons. The topological polar surface area (TPSA) is 49.7 Å². The molecule has 0 aliphatic carbocycles. The zero-order valence-corrected chi connectivity index (χ0v) is 5.94. The quantitative estimate of drug-likeness (QED) is 0.627. The van der Waals surface area contributed by atoms with Gasteiger partial charge < -0.3 is 9.11 Å². The minimum Gasteiger partial charge on any atom is -0.308 e. The lowest BCUT2D eigenvalue weighted by Gasteiger charge is -2.22. The minimum atomic E-state index is -2.67. The molecule has 0 aromatic heterocycles. The fourth-order valence-electron chi connectivity index (χ4n) is 0.349. The van der Waals surface area contributed by atoms with Gasteiger partial charge in [0.25, 0.3) is 0 Å². The summed E-state index contributed by atoms with van der Waals surface area (Å²) in [5.41, 5.74) is 0. The highest BCUT2D eigenvalue weighted by atomic mass is 32.3. The predicted octanol–water partition coefficient (Wildman–Crippen LogP) is 1.71. The van der Waals surface area contributed by atoms with E-state index >= 15 is 0 Å². The lowest BCUT2D eigenvalue weighted by molar-refractivity contribution is 0.318. The molecule has 2 N–H and O–H groups in total. The van der Waals surface area contributed by atoms with E-state index < -0.39 is 10.9 Å². The Hall–Kier alpha value is 0.230. The highest BCUT2D eigenvalue weighted by Gasteiger charge is 2.11. The molecular weight excluding hydrogens is 128 g/mol. The smallest absolute Gasteiger partial charge is 0.0833 e. The molecule has 0 heterocycles. The molecule has 0 unspecified atom stereocenters. The maximum absolute atomic E-state index is 8.74. The second kappa shape index (κ2) is 3.29. The Balaban J connectivity index is 3.37. The van der Waals surface area contributed by atoms with Crippen LogP contribution in [-0.4, -0.2) is 22.0 Å². The van der Waals surface area contributed by atoms with Crippen molar-refractivity contribution in [2.24, 2.45) is 0 Å². The van der Waals surface area contributed by atoms with Crippen molar-refractivity contribution >= 4 is 10.9 Å². The summed E-state index contributed by atoms with van der Waals surface area (Å²) in [7, 11) is -1.37. The van der Waals surface area contributed by atoms with E-state index in [-0.39, 0.29) is 0 Å². The molecule has 8 heavy (non-hydrogen) atoms. The van der Waals surface area contributed by atoms with E-state index in [1.165, 1.54) is 7.11 Å². The first-order valence-corrected chi connectivity index (χ1v) is 4.08. The van der Waals surface area contributed by atoms with Crippen molar-refractivity contribution in [1.82, 2.24) is 0 Å². The average molecular weight is 140 g/mol. The lowest BCUT2D eigenvalue weighted by atomic mass is 10.6. The van der Waals surface area contributed by atoms with Gasteiger partial charge in [-0.05, 0) is 6.42 Å². The molecule has 0 fully saturated rings. The van der Waals surface area contributed by atoms with Crippen LogP contribution in [-0.2, 0) is 4.18 Å². The summed E-state index contributed by atoms with van der Waals surface area (Å²) < 4.78 is 21.9. The highest BCUT2D eigenvalue weighted by Crippen LogP contribution is 2.38. The van der Waals surface area contributed by atoms with Gasteiger partial charge in [0.2, 0.25) is 0 Å². The van der Waals surface area contributed by atoms with Gasteiger partial charge >= 0.3 is 0 Å². The van der Waals surface area contributed by atoms with Crippen LogP contribution in [0.3, 0.4) is 0 Å². The summed E-state index contributed by atoms with van der Waals surface area (Å²) in [5, 5.41) is 0.